The van der Waals surface area contributed by atoms with Gasteiger partial charge in [-0.25, -0.2) is 15.0 Å². The summed E-state index contributed by atoms with van der Waals surface area (Å²) < 4.78 is 0. The predicted molar refractivity (Wildman–Crippen MR) is 192 cm³/mol. The maximum Gasteiger partial charge on any atom is 0.160 e. The lowest BCUT2D eigenvalue weighted by atomic mass is 9.94. The van der Waals surface area contributed by atoms with Gasteiger partial charge in [0.1, 0.15) is 0 Å². The van der Waals surface area contributed by atoms with E-state index in [0.717, 1.165) is 61.0 Å². The zero-order chi connectivity index (χ0) is 30.5. The highest BCUT2D eigenvalue weighted by atomic mass is 14.9. The lowest BCUT2D eigenvalue weighted by Crippen LogP contribution is -1.95. The first-order chi connectivity index (χ1) is 22.8. The monoisotopic (exact) mass is 585 g/mol. The average Bonchev–Trinajstić information content (AvgIpc) is 3.14. The Morgan fingerprint density at radius 3 is 1.67 bits per heavy atom. The van der Waals surface area contributed by atoms with E-state index in [2.05, 4.69) is 146 Å². The van der Waals surface area contributed by atoms with Crippen LogP contribution < -0.4 is 0 Å². The molecule has 0 amide bonds. The van der Waals surface area contributed by atoms with Crippen LogP contribution in [0.25, 0.3) is 88.4 Å². The van der Waals surface area contributed by atoms with Gasteiger partial charge >= 0.3 is 0 Å². The lowest BCUT2D eigenvalue weighted by molar-refractivity contribution is 1.23. The third-order valence-corrected chi connectivity index (χ3v) is 8.83. The van der Waals surface area contributed by atoms with Crippen LogP contribution in [-0.2, 0) is 0 Å². The number of benzene rings is 7. The van der Waals surface area contributed by atoms with Gasteiger partial charge in [-0.3, -0.25) is 0 Å². The fourth-order valence-electron chi connectivity index (χ4n) is 6.65. The second-order valence-corrected chi connectivity index (χ2v) is 11.6. The summed E-state index contributed by atoms with van der Waals surface area (Å²) in [5.41, 5.74) is 9.22. The first-order valence-corrected chi connectivity index (χ1v) is 15.5. The molecule has 0 saturated carbocycles. The number of para-hydroxylation sites is 2. The summed E-state index contributed by atoms with van der Waals surface area (Å²) >= 11 is 0. The molecule has 0 saturated heterocycles. The van der Waals surface area contributed by atoms with E-state index in [1.165, 1.54) is 21.5 Å². The second-order valence-electron chi connectivity index (χ2n) is 11.6. The van der Waals surface area contributed by atoms with Crippen LogP contribution in [0.2, 0.25) is 0 Å². The molecule has 3 nitrogen and oxygen atoms in total. The minimum atomic E-state index is 0.713. The minimum absolute atomic E-state index is 0.713. The molecule has 46 heavy (non-hydrogen) atoms. The van der Waals surface area contributed by atoms with Gasteiger partial charge in [0.25, 0.3) is 0 Å². The SMILES string of the molecule is c1ccc(-c2nc(-c3cccc(-c4cccc(-c5nc6ccccc6c6c5ccc5ccccc56)c4)c3)nc3ccccc23)cc1. The van der Waals surface area contributed by atoms with Gasteiger partial charge < -0.3 is 0 Å². The summed E-state index contributed by atoms with van der Waals surface area (Å²) in [6, 6.07) is 57.3. The summed E-state index contributed by atoms with van der Waals surface area (Å²) in [6.07, 6.45) is 0. The van der Waals surface area contributed by atoms with Gasteiger partial charge in [0.2, 0.25) is 0 Å². The Morgan fingerprint density at radius 2 is 0.870 bits per heavy atom. The minimum Gasteiger partial charge on any atom is -0.247 e. The molecular weight excluding hydrogens is 558 g/mol. The second kappa shape index (κ2) is 10.8. The van der Waals surface area contributed by atoms with Gasteiger partial charge in [0.05, 0.1) is 22.4 Å². The predicted octanol–water partition coefficient (Wildman–Crippen LogP) is 11.2. The number of fused-ring (bicyclic) bond motifs is 6. The van der Waals surface area contributed by atoms with Crippen LogP contribution in [0.4, 0.5) is 0 Å². The van der Waals surface area contributed by atoms with Crippen molar-refractivity contribution in [1.82, 2.24) is 15.0 Å². The van der Waals surface area contributed by atoms with Crippen molar-refractivity contribution in [3.8, 4) is 45.0 Å². The molecular formula is C43H27N3. The highest BCUT2D eigenvalue weighted by molar-refractivity contribution is 6.22. The first-order valence-electron chi connectivity index (χ1n) is 15.5. The van der Waals surface area contributed by atoms with E-state index in [0.29, 0.717) is 5.82 Å². The topological polar surface area (TPSA) is 38.7 Å². The molecule has 0 N–H and O–H groups in total. The van der Waals surface area contributed by atoms with Crippen molar-refractivity contribution in [2.24, 2.45) is 0 Å². The van der Waals surface area contributed by atoms with E-state index in [1.807, 2.05) is 18.2 Å². The number of rotatable bonds is 4. The normalized spacial score (nSPS) is 11.5. The van der Waals surface area contributed by atoms with Crippen LogP contribution in [0, 0.1) is 0 Å². The standard InChI is InChI=1S/C43H27N3/c1-2-13-29(14-3-1)41-36-21-7-9-23-39(36)45-43(46-41)33-18-11-16-31(27-33)30-15-10-17-32(26-30)42-37-25-24-28-12-4-5-19-34(28)40(37)35-20-6-8-22-38(35)44-42/h1-27H. The number of hydrogen-bond donors (Lipinski definition) is 0. The van der Waals surface area contributed by atoms with Gasteiger partial charge in [0.15, 0.2) is 5.82 Å². The quantitative estimate of drug-likeness (QED) is 0.193. The smallest absolute Gasteiger partial charge is 0.160 e. The van der Waals surface area contributed by atoms with Gasteiger partial charge in [-0.1, -0.05) is 140 Å². The van der Waals surface area contributed by atoms with Crippen molar-refractivity contribution in [2.75, 3.05) is 0 Å². The summed E-state index contributed by atoms with van der Waals surface area (Å²) in [5, 5.41) is 7.09. The maximum absolute atomic E-state index is 5.23. The number of aromatic nitrogens is 3. The first kappa shape index (κ1) is 26.2. The van der Waals surface area contributed by atoms with Crippen LogP contribution in [0.15, 0.2) is 164 Å². The van der Waals surface area contributed by atoms with Crippen molar-refractivity contribution >= 4 is 43.4 Å². The Hall–Kier alpha value is -6.19. The highest BCUT2D eigenvalue weighted by Crippen LogP contribution is 2.38. The summed E-state index contributed by atoms with van der Waals surface area (Å²) in [7, 11) is 0. The lowest BCUT2D eigenvalue weighted by Gasteiger charge is -2.14. The van der Waals surface area contributed by atoms with Crippen molar-refractivity contribution in [3.05, 3.63) is 164 Å². The Labute approximate surface area is 266 Å². The third-order valence-electron chi connectivity index (χ3n) is 8.83. The molecule has 3 heteroatoms. The Bertz CT molecular complexity index is 2570. The molecule has 9 aromatic rings. The van der Waals surface area contributed by atoms with E-state index in [-0.39, 0.29) is 0 Å². The Morgan fingerprint density at radius 1 is 0.304 bits per heavy atom. The van der Waals surface area contributed by atoms with Crippen LogP contribution in [0.5, 0.6) is 0 Å². The highest BCUT2D eigenvalue weighted by Gasteiger charge is 2.15. The molecule has 0 fully saturated rings. The van der Waals surface area contributed by atoms with Crippen molar-refractivity contribution in [2.45, 2.75) is 0 Å². The molecule has 214 valence electrons. The number of pyridine rings is 1. The molecule has 0 aliphatic rings. The molecule has 2 heterocycles. The van der Waals surface area contributed by atoms with E-state index < -0.39 is 0 Å². The molecule has 0 unspecified atom stereocenters. The zero-order valence-corrected chi connectivity index (χ0v) is 24.9. The molecule has 2 aromatic heterocycles. The van der Waals surface area contributed by atoms with E-state index in [4.69, 9.17) is 15.0 Å². The molecule has 0 spiro atoms. The van der Waals surface area contributed by atoms with Gasteiger partial charge in [-0.15, -0.1) is 0 Å². The summed E-state index contributed by atoms with van der Waals surface area (Å²) in [6.45, 7) is 0. The molecule has 0 aliphatic carbocycles. The molecule has 0 bridgehead atoms. The van der Waals surface area contributed by atoms with Crippen molar-refractivity contribution in [3.63, 3.8) is 0 Å². The summed E-state index contributed by atoms with van der Waals surface area (Å²) in [4.78, 5) is 15.3. The number of hydrogen-bond acceptors (Lipinski definition) is 3. The zero-order valence-electron chi connectivity index (χ0n) is 24.9. The molecule has 7 aromatic carbocycles. The largest absolute Gasteiger partial charge is 0.247 e. The average molecular weight is 586 g/mol. The molecule has 0 aliphatic heterocycles. The van der Waals surface area contributed by atoms with E-state index >= 15 is 0 Å². The number of nitrogens with zero attached hydrogens (tertiary/aromatic N) is 3. The van der Waals surface area contributed by atoms with Crippen LogP contribution in [-0.4, -0.2) is 15.0 Å². The van der Waals surface area contributed by atoms with Gasteiger partial charge in [0, 0.05) is 38.2 Å². The Kier molecular flexibility index (Phi) is 6.14. The summed E-state index contributed by atoms with van der Waals surface area (Å²) in [5.74, 6) is 0.713. The van der Waals surface area contributed by atoms with Crippen LogP contribution >= 0.6 is 0 Å². The fourth-order valence-corrected chi connectivity index (χ4v) is 6.65. The third kappa shape index (κ3) is 4.41. The molecule has 9 rings (SSSR count). The molecule has 0 radical (unpaired) electrons. The van der Waals surface area contributed by atoms with Crippen LogP contribution in [0.3, 0.4) is 0 Å². The van der Waals surface area contributed by atoms with Crippen molar-refractivity contribution < 1.29 is 0 Å². The van der Waals surface area contributed by atoms with Crippen LogP contribution in [0.1, 0.15) is 0 Å². The Balaban J connectivity index is 1.19. The van der Waals surface area contributed by atoms with Gasteiger partial charge in [-0.05, 0) is 46.2 Å². The fraction of sp³-hybridized carbons (Fsp3) is 0. The van der Waals surface area contributed by atoms with Gasteiger partial charge in [-0.2, -0.15) is 0 Å². The van der Waals surface area contributed by atoms with E-state index in [9.17, 15) is 0 Å². The maximum atomic E-state index is 5.23. The van der Waals surface area contributed by atoms with E-state index in [1.54, 1.807) is 0 Å². The van der Waals surface area contributed by atoms with Crippen molar-refractivity contribution in [1.29, 1.82) is 0 Å². The molecule has 0 atom stereocenters.